The third-order valence-electron chi connectivity index (χ3n) is 7.39. The Morgan fingerprint density at radius 2 is 1.78 bits per heavy atom. The zero-order valence-electron chi connectivity index (χ0n) is 24.2. The van der Waals surface area contributed by atoms with E-state index >= 15 is 0 Å². The Kier molecular flexibility index (Phi) is 8.64. The first-order chi connectivity index (χ1) is 21.4. The number of pyridine rings is 1. The summed E-state index contributed by atoms with van der Waals surface area (Å²) in [6.45, 7) is -0.677. The standard InChI is InChI=1S/C32H30N6O6S/c1-38-18-24(29(32(42)36-17-28(40)41)26(39)14-9-19-7-10-21(11-8-19)31(33)34)23-16-22(12-13-25(23)38)37-45(43,44)27-6-2-4-20-5-3-15-35-30(20)27/h2-8,10-13,15-16,18,29,37H,9,14,17H2,1H3,(H3,33,34)(H,36,42)(H,40,41). The lowest BCUT2D eigenvalue weighted by molar-refractivity contribution is -0.139. The van der Waals surface area contributed by atoms with Crippen molar-refractivity contribution in [2.45, 2.75) is 23.7 Å². The Bertz CT molecular complexity index is 2070. The van der Waals surface area contributed by atoms with Gasteiger partial charge in [-0.05, 0) is 47.9 Å². The molecule has 0 saturated carbocycles. The van der Waals surface area contributed by atoms with E-state index in [1.807, 2.05) is 0 Å². The SMILES string of the molecule is Cn1cc(C(C(=O)CCc2ccc(C(=N)N)cc2)C(=O)NCC(=O)O)c2cc(NS(=O)(=O)c3cccc4cccnc34)ccc21. The number of aliphatic carboxylic acids is 1. The van der Waals surface area contributed by atoms with Gasteiger partial charge in [0.15, 0.2) is 0 Å². The minimum absolute atomic E-state index is 0.00794. The molecule has 2 aromatic heterocycles. The highest BCUT2D eigenvalue weighted by molar-refractivity contribution is 7.93. The van der Waals surface area contributed by atoms with Crippen LogP contribution in [0.4, 0.5) is 5.69 Å². The number of para-hydroxylation sites is 1. The van der Waals surface area contributed by atoms with E-state index in [0.29, 0.717) is 32.9 Å². The van der Waals surface area contributed by atoms with Crippen molar-refractivity contribution in [3.63, 3.8) is 0 Å². The molecule has 5 aromatic rings. The second-order valence-corrected chi connectivity index (χ2v) is 12.1. The number of anilines is 1. The molecule has 12 nitrogen and oxygen atoms in total. The van der Waals surface area contributed by atoms with Crippen LogP contribution in [0.3, 0.4) is 0 Å². The number of amidine groups is 1. The lowest BCUT2D eigenvalue weighted by Gasteiger charge is -2.16. The van der Waals surface area contributed by atoms with Crippen LogP contribution in [-0.4, -0.2) is 53.1 Å². The van der Waals surface area contributed by atoms with E-state index in [2.05, 4.69) is 15.0 Å². The van der Waals surface area contributed by atoms with Crippen LogP contribution in [0, 0.1) is 5.41 Å². The van der Waals surface area contributed by atoms with Crippen LogP contribution in [0.2, 0.25) is 0 Å². The van der Waals surface area contributed by atoms with Gasteiger partial charge in [-0.2, -0.15) is 0 Å². The quantitative estimate of drug-likeness (QED) is 0.0789. The van der Waals surface area contributed by atoms with Crippen LogP contribution in [0.25, 0.3) is 21.8 Å². The Labute approximate surface area is 258 Å². The average molecular weight is 627 g/mol. The number of nitrogens with two attached hydrogens (primary N) is 1. The summed E-state index contributed by atoms with van der Waals surface area (Å²) in [5.74, 6) is -3.95. The number of aryl methyl sites for hydroxylation is 2. The van der Waals surface area contributed by atoms with Crippen LogP contribution < -0.4 is 15.8 Å². The zero-order valence-corrected chi connectivity index (χ0v) is 25.0. The van der Waals surface area contributed by atoms with Crippen molar-refractivity contribution in [3.8, 4) is 0 Å². The molecular weight excluding hydrogens is 596 g/mol. The highest BCUT2D eigenvalue weighted by atomic mass is 32.2. The summed E-state index contributed by atoms with van der Waals surface area (Å²) in [5, 5.41) is 20.1. The fourth-order valence-electron chi connectivity index (χ4n) is 5.21. The Balaban J connectivity index is 1.49. The lowest BCUT2D eigenvalue weighted by atomic mass is 9.90. The second kappa shape index (κ2) is 12.6. The number of aromatic nitrogens is 2. The van der Waals surface area contributed by atoms with Gasteiger partial charge in [0.1, 0.15) is 29.0 Å². The predicted octanol–water partition coefficient (Wildman–Crippen LogP) is 3.30. The van der Waals surface area contributed by atoms with E-state index in [1.165, 1.54) is 12.3 Å². The average Bonchev–Trinajstić information content (AvgIpc) is 3.33. The number of carboxylic acids is 1. The molecule has 5 rings (SSSR count). The molecule has 1 unspecified atom stereocenters. The van der Waals surface area contributed by atoms with Gasteiger partial charge < -0.3 is 20.7 Å². The third kappa shape index (κ3) is 6.68. The smallest absolute Gasteiger partial charge is 0.322 e. The highest BCUT2D eigenvalue weighted by Gasteiger charge is 2.31. The number of sulfonamides is 1. The fourth-order valence-corrected chi connectivity index (χ4v) is 6.44. The summed E-state index contributed by atoms with van der Waals surface area (Å²) in [4.78, 5) is 42.4. The largest absolute Gasteiger partial charge is 0.480 e. The van der Waals surface area contributed by atoms with Gasteiger partial charge in [0, 0.05) is 53.4 Å². The Morgan fingerprint density at radius 3 is 2.49 bits per heavy atom. The Morgan fingerprint density at radius 1 is 1.04 bits per heavy atom. The topological polar surface area (TPSA) is 197 Å². The summed E-state index contributed by atoms with van der Waals surface area (Å²) in [6, 6.07) is 19.9. The molecule has 45 heavy (non-hydrogen) atoms. The number of benzene rings is 3. The molecule has 0 saturated heterocycles. The van der Waals surface area contributed by atoms with E-state index in [1.54, 1.807) is 84.5 Å². The monoisotopic (exact) mass is 626 g/mol. The first kappa shape index (κ1) is 30.9. The van der Waals surface area contributed by atoms with E-state index in [9.17, 15) is 22.8 Å². The molecule has 0 radical (unpaired) electrons. The number of nitrogen functional groups attached to an aromatic ring is 1. The van der Waals surface area contributed by atoms with Crippen LogP contribution in [0.1, 0.15) is 29.0 Å². The molecule has 13 heteroatoms. The molecule has 0 aliphatic heterocycles. The van der Waals surface area contributed by atoms with Gasteiger partial charge in [-0.3, -0.25) is 29.5 Å². The van der Waals surface area contributed by atoms with E-state index < -0.39 is 40.1 Å². The number of amides is 1. The fraction of sp³-hybridized carbons (Fsp3) is 0.156. The maximum atomic E-state index is 13.7. The van der Waals surface area contributed by atoms with Crippen molar-refractivity contribution in [2.24, 2.45) is 12.8 Å². The maximum absolute atomic E-state index is 13.7. The number of carbonyl (C=O) groups is 3. The van der Waals surface area contributed by atoms with Crippen molar-refractivity contribution in [1.29, 1.82) is 5.41 Å². The van der Waals surface area contributed by atoms with E-state index in [4.69, 9.17) is 16.2 Å². The molecule has 0 fully saturated rings. The minimum Gasteiger partial charge on any atom is -0.480 e. The second-order valence-electron chi connectivity index (χ2n) is 10.5. The van der Waals surface area contributed by atoms with E-state index in [0.717, 1.165) is 5.56 Å². The van der Waals surface area contributed by atoms with Gasteiger partial charge >= 0.3 is 5.97 Å². The summed E-state index contributed by atoms with van der Waals surface area (Å²) >= 11 is 0. The molecule has 0 bridgehead atoms. The van der Waals surface area contributed by atoms with Crippen LogP contribution in [0.5, 0.6) is 0 Å². The lowest BCUT2D eigenvalue weighted by Crippen LogP contribution is -2.37. The van der Waals surface area contributed by atoms with Gasteiger partial charge in [-0.1, -0.05) is 42.5 Å². The number of nitrogens with one attached hydrogen (secondary N) is 3. The van der Waals surface area contributed by atoms with Crippen molar-refractivity contribution in [2.75, 3.05) is 11.3 Å². The van der Waals surface area contributed by atoms with Crippen molar-refractivity contribution >= 4 is 61.0 Å². The van der Waals surface area contributed by atoms with Gasteiger partial charge in [-0.15, -0.1) is 0 Å². The first-order valence-corrected chi connectivity index (χ1v) is 15.3. The maximum Gasteiger partial charge on any atom is 0.322 e. The number of rotatable bonds is 12. The van der Waals surface area contributed by atoms with Crippen molar-refractivity contribution in [1.82, 2.24) is 14.9 Å². The molecule has 0 spiro atoms. The van der Waals surface area contributed by atoms with Crippen LogP contribution in [0.15, 0.2) is 90.1 Å². The number of carbonyl (C=O) groups excluding carboxylic acids is 2. The molecule has 1 amide bonds. The van der Waals surface area contributed by atoms with Gasteiger partial charge in [-0.25, -0.2) is 8.42 Å². The number of Topliss-reactive ketones (excluding diaryl/α,β-unsaturated/α-hetero) is 1. The molecule has 0 aliphatic rings. The molecule has 230 valence electrons. The van der Waals surface area contributed by atoms with Crippen molar-refractivity contribution < 1.29 is 27.9 Å². The van der Waals surface area contributed by atoms with E-state index in [-0.39, 0.29) is 29.3 Å². The summed E-state index contributed by atoms with van der Waals surface area (Å²) in [5.41, 5.74) is 8.29. The molecule has 1 atom stereocenters. The summed E-state index contributed by atoms with van der Waals surface area (Å²) < 4.78 is 31.2. The molecular formula is C32H30N6O6S. The normalized spacial score (nSPS) is 12.1. The zero-order chi connectivity index (χ0) is 32.3. The van der Waals surface area contributed by atoms with Gasteiger partial charge in [0.05, 0.1) is 5.52 Å². The van der Waals surface area contributed by atoms with Crippen LogP contribution >= 0.6 is 0 Å². The van der Waals surface area contributed by atoms with Gasteiger partial charge in [0.2, 0.25) is 5.91 Å². The summed E-state index contributed by atoms with van der Waals surface area (Å²) in [7, 11) is -2.36. The number of ketones is 1. The predicted molar refractivity (Wildman–Crippen MR) is 170 cm³/mol. The number of fused-ring (bicyclic) bond motifs is 2. The first-order valence-electron chi connectivity index (χ1n) is 13.9. The van der Waals surface area contributed by atoms with Gasteiger partial charge in [0.25, 0.3) is 10.0 Å². The number of carboxylic acid groups (broad SMARTS) is 1. The summed E-state index contributed by atoms with van der Waals surface area (Å²) in [6.07, 6.45) is 3.37. The molecule has 2 heterocycles. The van der Waals surface area contributed by atoms with Crippen LogP contribution in [-0.2, 0) is 37.9 Å². The highest BCUT2D eigenvalue weighted by Crippen LogP contribution is 2.33. The number of hydrogen-bond acceptors (Lipinski definition) is 7. The molecule has 0 aliphatic carbocycles. The number of hydrogen-bond donors (Lipinski definition) is 5. The third-order valence-corrected chi connectivity index (χ3v) is 8.80. The minimum atomic E-state index is -4.09. The molecule has 6 N–H and O–H groups in total. The number of nitrogens with zero attached hydrogens (tertiary/aromatic N) is 2. The molecule has 3 aromatic carbocycles. The Hall–Kier alpha value is -5.56. The van der Waals surface area contributed by atoms with Crippen molar-refractivity contribution in [3.05, 3.63) is 102 Å².